The molecule has 1 fully saturated rings. The molecule has 4 heteroatoms. The second-order valence-corrected chi connectivity index (χ2v) is 6.23. The lowest BCUT2D eigenvalue weighted by atomic mass is 10.1. The maximum Gasteiger partial charge on any atom is 0.162 e. The van der Waals surface area contributed by atoms with E-state index in [9.17, 15) is 0 Å². The lowest BCUT2D eigenvalue weighted by molar-refractivity contribution is 0.575. The second-order valence-electron chi connectivity index (χ2n) is 5.45. The van der Waals surface area contributed by atoms with Gasteiger partial charge in [0.1, 0.15) is 5.82 Å². The number of piperidine rings is 1. The standard InChI is InChI=1S/C17H17N3S/c1-4-9-20(10-5-1)17-14-6-2-3-7-15(14)18-16(19-17)13-8-11-21-12-13/h2-3,6-8,11-12H,1,4-5,9-10H2. The van der Waals surface area contributed by atoms with Crippen LogP contribution in [0.25, 0.3) is 22.3 Å². The highest BCUT2D eigenvalue weighted by Crippen LogP contribution is 2.29. The summed E-state index contributed by atoms with van der Waals surface area (Å²) in [6.07, 6.45) is 3.84. The number of anilines is 1. The van der Waals surface area contributed by atoms with Crippen molar-refractivity contribution in [3.63, 3.8) is 0 Å². The number of rotatable bonds is 2. The molecule has 0 spiro atoms. The summed E-state index contributed by atoms with van der Waals surface area (Å²) in [6, 6.07) is 10.4. The quantitative estimate of drug-likeness (QED) is 0.704. The molecule has 1 aliphatic rings. The van der Waals surface area contributed by atoms with Crippen molar-refractivity contribution in [2.24, 2.45) is 0 Å². The van der Waals surface area contributed by atoms with Crippen LogP contribution in [-0.4, -0.2) is 23.1 Å². The number of hydrogen-bond donors (Lipinski definition) is 0. The highest BCUT2D eigenvalue weighted by atomic mass is 32.1. The third kappa shape index (κ3) is 2.40. The largest absolute Gasteiger partial charge is 0.356 e. The zero-order valence-corrected chi connectivity index (χ0v) is 12.6. The van der Waals surface area contributed by atoms with E-state index >= 15 is 0 Å². The third-order valence-corrected chi connectivity index (χ3v) is 4.70. The Balaban J connectivity index is 1.90. The van der Waals surface area contributed by atoms with Gasteiger partial charge in [0.2, 0.25) is 0 Å². The van der Waals surface area contributed by atoms with Crippen molar-refractivity contribution in [3.05, 3.63) is 41.1 Å². The Morgan fingerprint density at radius 3 is 2.62 bits per heavy atom. The van der Waals surface area contributed by atoms with Crippen molar-refractivity contribution in [1.29, 1.82) is 0 Å². The molecule has 0 saturated carbocycles. The molecule has 106 valence electrons. The first-order chi connectivity index (χ1) is 10.4. The molecule has 0 unspecified atom stereocenters. The molecule has 1 aromatic carbocycles. The normalized spacial score (nSPS) is 15.5. The second kappa shape index (κ2) is 5.45. The zero-order chi connectivity index (χ0) is 14.1. The predicted octanol–water partition coefficient (Wildman–Crippen LogP) is 4.35. The Bertz CT molecular complexity index is 746. The summed E-state index contributed by atoms with van der Waals surface area (Å²) in [6.45, 7) is 2.20. The van der Waals surface area contributed by atoms with E-state index in [2.05, 4.69) is 39.9 Å². The van der Waals surface area contributed by atoms with Gasteiger partial charge in [0, 0.05) is 29.4 Å². The van der Waals surface area contributed by atoms with Crippen LogP contribution in [0.2, 0.25) is 0 Å². The molecule has 0 atom stereocenters. The summed E-state index contributed by atoms with van der Waals surface area (Å²) >= 11 is 1.69. The number of para-hydroxylation sites is 1. The zero-order valence-electron chi connectivity index (χ0n) is 11.8. The topological polar surface area (TPSA) is 29.0 Å². The lowest BCUT2D eigenvalue weighted by Crippen LogP contribution is -2.30. The van der Waals surface area contributed by atoms with Gasteiger partial charge in [-0.3, -0.25) is 0 Å². The molecule has 4 rings (SSSR count). The fourth-order valence-corrected chi connectivity index (χ4v) is 3.56. The van der Waals surface area contributed by atoms with Crippen molar-refractivity contribution in [3.8, 4) is 11.4 Å². The van der Waals surface area contributed by atoms with E-state index in [1.807, 2.05) is 6.07 Å². The van der Waals surface area contributed by atoms with Gasteiger partial charge in [-0.1, -0.05) is 12.1 Å². The van der Waals surface area contributed by atoms with Crippen LogP contribution in [0.1, 0.15) is 19.3 Å². The fraction of sp³-hybridized carbons (Fsp3) is 0.294. The summed E-state index contributed by atoms with van der Waals surface area (Å²) in [5.41, 5.74) is 2.15. The average molecular weight is 295 g/mol. The summed E-state index contributed by atoms with van der Waals surface area (Å²) in [5.74, 6) is 1.94. The molecule has 1 aliphatic heterocycles. The minimum atomic E-state index is 0.843. The molecular weight excluding hydrogens is 278 g/mol. The molecule has 0 radical (unpaired) electrons. The van der Waals surface area contributed by atoms with Crippen LogP contribution in [-0.2, 0) is 0 Å². The van der Waals surface area contributed by atoms with E-state index in [0.717, 1.165) is 35.8 Å². The molecule has 3 nitrogen and oxygen atoms in total. The van der Waals surface area contributed by atoms with Gasteiger partial charge >= 0.3 is 0 Å². The average Bonchev–Trinajstić information content (AvgIpc) is 3.09. The van der Waals surface area contributed by atoms with Crippen molar-refractivity contribution in [2.45, 2.75) is 19.3 Å². The van der Waals surface area contributed by atoms with Gasteiger partial charge in [-0.15, -0.1) is 0 Å². The summed E-state index contributed by atoms with van der Waals surface area (Å²) in [4.78, 5) is 12.1. The van der Waals surface area contributed by atoms with Crippen LogP contribution < -0.4 is 4.90 Å². The van der Waals surface area contributed by atoms with E-state index in [4.69, 9.17) is 9.97 Å². The molecular formula is C17H17N3S. The van der Waals surface area contributed by atoms with Crippen LogP contribution in [0.15, 0.2) is 41.1 Å². The number of thiophene rings is 1. The number of nitrogens with zero attached hydrogens (tertiary/aromatic N) is 3. The molecule has 0 amide bonds. The first-order valence-corrected chi connectivity index (χ1v) is 8.40. The van der Waals surface area contributed by atoms with Crippen LogP contribution in [0.3, 0.4) is 0 Å². The van der Waals surface area contributed by atoms with Gasteiger partial charge in [-0.05, 0) is 42.8 Å². The Morgan fingerprint density at radius 1 is 0.952 bits per heavy atom. The minimum absolute atomic E-state index is 0.843. The van der Waals surface area contributed by atoms with Crippen LogP contribution >= 0.6 is 11.3 Å². The maximum atomic E-state index is 4.89. The summed E-state index contributed by atoms with van der Waals surface area (Å²) in [5, 5.41) is 5.36. The Labute approximate surface area is 128 Å². The molecule has 1 saturated heterocycles. The predicted molar refractivity (Wildman–Crippen MR) is 88.9 cm³/mol. The first-order valence-electron chi connectivity index (χ1n) is 7.46. The van der Waals surface area contributed by atoms with E-state index < -0.39 is 0 Å². The van der Waals surface area contributed by atoms with Gasteiger partial charge in [0.15, 0.2) is 5.82 Å². The summed E-state index contributed by atoms with van der Waals surface area (Å²) in [7, 11) is 0. The molecule has 2 aromatic heterocycles. The lowest BCUT2D eigenvalue weighted by Gasteiger charge is -2.28. The number of benzene rings is 1. The monoisotopic (exact) mass is 295 g/mol. The minimum Gasteiger partial charge on any atom is -0.356 e. The van der Waals surface area contributed by atoms with Gasteiger partial charge in [0.05, 0.1) is 5.52 Å². The Kier molecular flexibility index (Phi) is 3.31. The molecule has 0 N–H and O–H groups in total. The van der Waals surface area contributed by atoms with Crippen LogP contribution in [0.5, 0.6) is 0 Å². The maximum absolute atomic E-state index is 4.89. The highest BCUT2D eigenvalue weighted by Gasteiger charge is 2.17. The van der Waals surface area contributed by atoms with Crippen molar-refractivity contribution in [1.82, 2.24) is 9.97 Å². The van der Waals surface area contributed by atoms with Gasteiger partial charge in [-0.25, -0.2) is 9.97 Å². The SMILES string of the molecule is c1ccc2c(N3CCCCC3)nc(-c3ccsc3)nc2c1. The number of fused-ring (bicyclic) bond motifs is 1. The van der Waals surface area contributed by atoms with E-state index in [-0.39, 0.29) is 0 Å². The molecule has 3 heterocycles. The Morgan fingerprint density at radius 2 is 1.81 bits per heavy atom. The van der Waals surface area contributed by atoms with Gasteiger partial charge < -0.3 is 4.90 Å². The van der Waals surface area contributed by atoms with Gasteiger partial charge in [0.25, 0.3) is 0 Å². The first kappa shape index (κ1) is 12.8. The Hall–Kier alpha value is -1.94. The van der Waals surface area contributed by atoms with Crippen molar-refractivity contribution >= 4 is 28.1 Å². The molecule has 0 aliphatic carbocycles. The third-order valence-electron chi connectivity index (χ3n) is 4.02. The van der Waals surface area contributed by atoms with Gasteiger partial charge in [-0.2, -0.15) is 11.3 Å². The van der Waals surface area contributed by atoms with Crippen molar-refractivity contribution in [2.75, 3.05) is 18.0 Å². The van der Waals surface area contributed by atoms with E-state index in [0.29, 0.717) is 0 Å². The smallest absolute Gasteiger partial charge is 0.162 e. The van der Waals surface area contributed by atoms with Crippen LogP contribution in [0.4, 0.5) is 5.82 Å². The fourth-order valence-electron chi connectivity index (χ4n) is 2.93. The summed E-state index contributed by atoms with van der Waals surface area (Å²) < 4.78 is 0. The number of hydrogen-bond acceptors (Lipinski definition) is 4. The molecule has 0 bridgehead atoms. The molecule has 21 heavy (non-hydrogen) atoms. The number of aromatic nitrogens is 2. The van der Waals surface area contributed by atoms with E-state index in [1.165, 1.54) is 24.6 Å². The van der Waals surface area contributed by atoms with E-state index in [1.54, 1.807) is 11.3 Å². The van der Waals surface area contributed by atoms with Crippen molar-refractivity contribution < 1.29 is 0 Å². The molecule has 3 aromatic rings. The highest BCUT2D eigenvalue weighted by molar-refractivity contribution is 7.08. The van der Waals surface area contributed by atoms with Crippen LogP contribution in [0, 0.1) is 0 Å².